The molecule has 1 heterocycles. The lowest BCUT2D eigenvalue weighted by molar-refractivity contribution is 0.304. The third-order valence-electron chi connectivity index (χ3n) is 3.08. The first-order valence-corrected chi connectivity index (χ1v) is 7.37. The number of nitrogens with one attached hydrogen (secondary N) is 1. The van der Waals surface area contributed by atoms with E-state index in [2.05, 4.69) is 53.6 Å². The first kappa shape index (κ1) is 14.5. The summed E-state index contributed by atoms with van der Waals surface area (Å²) in [5.41, 5.74) is 1.89. The molecule has 0 aliphatic rings. The molecule has 2 rings (SSSR count). The van der Waals surface area contributed by atoms with E-state index >= 15 is 0 Å². The zero-order valence-electron chi connectivity index (χ0n) is 11.8. The predicted octanol–water partition coefficient (Wildman–Crippen LogP) is 5.08. The second-order valence-corrected chi connectivity index (χ2v) is 7.40. The summed E-state index contributed by atoms with van der Waals surface area (Å²) in [6, 6.07) is 3.21. The zero-order valence-corrected chi connectivity index (χ0v) is 13.4. The van der Waals surface area contributed by atoms with Crippen molar-refractivity contribution < 1.29 is 4.39 Å². The van der Waals surface area contributed by atoms with E-state index in [1.807, 2.05) is 0 Å². The van der Waals surface area contributed by atoms with Crippen molar-refractivity contribution in [3.8, 4) is 0 Å². The minimum Gasteiger partial charge on any atom is -0.342 e. The Balaban J connectivity index is 2.18. The number of aromatic nitrogens is 2. The molecule has 0 aliphatic heterocycles. The number of nitrogens with zero attached hydrogens (tertiary/aromatic N) is 1. The van der Waals surface area contributed by atoms with E-state index in [9.17, 15) is 4.39 Å². The highest BCUT2D eigenvalue weighted by molar-refractivity contribution is 9.10. The number of hydrogen-bond donors (Lipinski definition) is 1. The monoisotopic (exact) mass is 326 g/mol. The highest BCUT2D eigenvalue weighted by Crippen LogP contribution is 2.27. The smallest absolute Gasteiger partial charge is 0.139 e. The minimum atomic E-state index is -0.259. The van der Waals surface area contributed by atoms with Crippen LogP contribution in [0.1, 0.15) is 39.9 Å². The van der Waals surface area contributed by atoms with E-state index in [0.29, 0.717) is 15.8 Å². The van der Waals surface area contributed by atoms with Crippen LogP contribution >= 0.6 is 15.9 Å². The molecule has 0 fully saturated rings. The van der Waals surface area contributed by atoms with Crippen molar-refractivity contribution in [2.45, 2.75) is 40.5 Å². The van der Waals surface area contributed by atoms with Crippen molar-refractivity contribution in [2.24, 2.45) is 11.3 Å². The lowest BCUT2D eigenvalue weighted by atomic mass is 9.84. The summed E-state index contributed by atoms with van der Waals surface area (Å²) in [4.78, 5) is 7.74. The summed E-state index contributed by atoms with van der Waals surface area (Å²) in [5, 5.41) is 0. The number of aromatic amines is 1. The summed E-state index contributed by atoms with van der Waals surface area (Å²) < 4.78 is 13.9. The lowest BCUT2D eigenvalue weighted by Gasteiger charge is -2.22. The summed E-state index contributed by atoms with van der Waals surface area (Å²) in [7, 11) is 0. The highest BCUT2D eigenvalue weighted by Gasteiger charge is 2.17. The van der Waals surface area contributed by atoms with Crippen LogP contribution < -0.4 is 0 Å². The van der Waals surface area contributed by atoms with Gasteiger partial charge in [0, 0.05) is 12.5 Å². The molecule has 1 N–H and O–H groups in total. The van der Waals surface area contributed by atoms with Crippen LogP contribution in [0.15, 0.2) is 16.6 Å². The molecule has 1 aromatic heterocycles. The number of H-pyrrole nitrogens is 1. The van der Waals surface area contributed by atoms with Crippen LogP contribution in [-0.2, 0) is 6.42 Å². The normalized spacial score (nSPS) is 14.0. The van der Waals surface area contributed by atoms with Crippen molar-refractivity contribution in [3.05, 3.63) is 28.2 Å². The number of imidazole rings is 1. The van der Waals surface area contributed by atoms with Crippen LogP contribution in [0.5, 0.6) is 0 Å². The maximum absolute atomic E-state index is 13.4. The van der Waals surface area contributed by atoms with Crippen molar-refractivity contribution in [2.75, 3.05) is 0 Å². The van der Waals surface area contributed by atoms with Gasteiger partial charge in [-0.3, -0.25) is 0 Å². The van der Waals surface area contributed by atoms with Gasteiger partial charge in [0.1, 0.15) is 11.6 Å². The van der Waals surface area contributed by atoms with Gasteiger partial charge < -0.3 is 4.98 Å². The van der Waals surface area contributed by atoms with E-state index in [1.54, 1.807) is 6.07 Å². The van der Waals surface area contributed by atoms with Gasteiger partial charge in [0.2, 0.25) is 0 Å². The van der Waals surface area contributed by atoms with Gasteiger partial charge in [0.05, 0.1) is 15.5 Å². The fourth-order valence-electron chi connectivity index (χ4n) is 2.60. The molecular formula is C15H20BrFN2. The summed E-state index contributed by atoms with van der Waals surface area (Å²) in [6.07, 6.45) is 2.04. The molecule has 2 nitrogen and oxygen atoms in total. The Bertz CT molecular complexity index is 545. The molecule has 2 aromatic rings. The fourth-order valence-corrected chi connectivity index (χ4v) is 2.93. The number of rotatable bonds is 3. The molecule has 4 heteroatoms. The first-order valence-electron chi connectivity index (χ1n) is 6.58. The van der Waals surface area contributed by atoms with E-state index in [4.69, 9.17) is 0 Å². The molecule has 0 radical (unpaired) electrons. The topological polar surface area (TPSA) is 28.7 Å². The molecular weight excluding hydrogens is 307 g/mol. The second kappa shape index (κ2) is 5.23. The molecule has 1 aromatic carbocycles. The Labute approximate surface area is 121 Å². The molecule has 104 valence electrons. The number of fused-ring (bicyclic) bond motifs is 1. The maximum Gasteiger partial charge on any atom is 0.139 e. The van der Waals surface area contributed by atoms with E-state index in [-0.39, 0.29) is 5.82 Å². The lowest BCUT2D eigenvalue weighted by Crippen LogP contribution is -2.13. The molecule has 1 atom stereocenters. The number of halogens is 2. The Hall–Kier alpha value is -0.900. The standard InChI is InChI=1S/C15H20BrFN2/c1-9(8-15(2,3)4)5-14-18-12-6-10(16)11(17)7-13(12)19-14/h6-7,9H,5,8H2,1-4H3,(H,18,19). The van der Waals surface area contributed by atoms with Gasteiger partial charge in [-0.1, -0.05) is 27.7 Å². The average molecular weight is 327 g/mol. The average Bonchev–Trinajstić information content (AvgIpc) is 2.56. The molecule has 0 amide bonds. The fraction of sp³-hybridized carbons (Fsp3) is 0.533. The molecule has 0 spiro atoms. The van der Waals surface area contributed by atoms with Gasteiger partial charge in [-0.25, -0.2) is 9.37 Å². The molecule has 0 saturated carbocycles. The molecule has 0 saturated heterocycles. The van der Waals surface area contributed by atoms with Gasteiger partial charge in [-0.2, -0.15) is 0 Å². The van der Waals surface area contributed by atoms with Crippen molar-refractivity contribution in [1.29, 1.82) is 0 Å². The maximum atomic E-state index is 13.4. The summed E-state index contributed by atoms with van der Waals surface area (Å²) >= 11 is 3.19. The zero-order chi connectivity index (χ0) is 14.2. The van der Waals surface area contributed by atoms with Crippen LogP contribution in [0.4, 0.5) is 4.39 Å². The van der Waals surface area contributed by atoms with Crippen LogP contribution in [0.2, 0.25) is 0 Å². The van der Waals surface area contributed by atoms with Gasteiger partial charge >= 0.3 is 0 Å². The van der Waals surface area contributed by atoms with Crippen LogP contribution in [0.25, 0.3) is 11.0 Å². The predicted molar refractivity (Wildman–Crippen MR) is 80.7 cm³/mol. The van der Waals surface area contributed by atoms with Crippen molar-refractivity contribution in [1.82, 2.24) is 9.97 Å². The quantitative estimate of drug-likeness (QED) is 0.837. The van der Waals surface area contributed by atoms with Gasteiger partial charge in [-0.05, 0) is 39.8 Å². The van der Waals surface area contributed by atoms with Crippen LogP contribution in [0, 0.1) is 17.2 Å². The summed E-state index contributed by atoms with van der Waals surface area (Å²) in [6.45, 7) is 8.97. The SMILES string of the molecule is CC(Cc1nc2cc(Br)c(F)cc2[nH]1)CC(C)(C)C. The Morgan fingerprint density at radius 1 is 1.37 bits per heavy atom. The van der Waals surface area contributed by atoms with Gasteiger partial charge in [-0.15, -0.1) is 0 Å². The largest absolute Gasteiger partial charge is 0.342 e. The highest BCUT2D eigenvalue weighted by atomic mass is 79.9. The first-order chi connectivity index (χ1) is 8.74. The van der Waals surface area contributed by atoms with Gasteiger partial charge in [0.15, 0.2) is 0 Å². The number of benzene rings is 1. The van der Waals surface area contributed by atoms with Gasteiger partial charge in [0.25, 0.3) is 0 Å². The third-order valence-corrected chi connectivity index (χ3v) is 3.68. The molecule has 0 aliphatic carbocycles. The van der Waals surface area contributed by atoms with E-state index in [0.717, 1.165) is 29.7 Å². The number of hydrogen-bond acceptors (Lipinski definition) is 1. The van der Waals surface area contributed by atoms with Crippen LogP contribution in [0.3, 0.4) is 0 Å². The molecule has 19 heavy (non-hydrogen) atoms. The molecule has 1 unspecified atom stereocenters. The summed E-state index contributed by atoms with van der Waals surface area (Å²) in [5.74, 6) is 1.23. The van der Waals surface area contributed by atoms with Crippen LogP contribution in [-0.4, -0.2) is 9.97 Å². The third kappa shape index (κ3) is 3.78. The Morgan fingerprint density at radius 2 is 2.05 bits per heavy atom. The van der Waals surface area contributed by atoms with E-state index in [1.165, 1.54) is 6.07 Å². The second-order valence-electron chi connectivity index (χ2n) is 6.54. The Morgan fingerprint density at radius 3 is 2.68 bits per heavy atom. The molecule has 0 bridgehead atoms. The Kier molecular flexibility index (Phi) is 4.00. The van der Waals surface area contributed by atoms with E-state index < -0.39 is 0 Å². The van der Waals surface area contributed by atoms with Crippen molar-refractivity contribution >= 4 is 27.0 Å². The van der Waals surface area contributed by atoms with Crippen molar-refractivity contribution in [3.63, 3.8) is 0 Å². The minimum absolute atomic E-state index is 0.259.